The predicted octanol–water partition coefficient (Wildman–Crippen LogP) is 6.22. The number of nitro benzene ring substituents is 1. The van der Waals surface area contributed by atoms with Crippen molar-refractivity contribution in [1.29, 1.82) is 0 Å². The van der Waals surface area contributed by atoms with Crippen molar-refractivity contribution in [3.8, 4) is 0 Å². The molecule has 3 aliphatic rings. The van der Waals surface area contributed by atoms with Crippen LogP contribution in [0.1, 0.15) is 53.7 Å². The first-order valence-electron chi connectivity index (χ1n) is 13.4. The molecule has 0 aromatic heterocycles. The molecule has 41 heavy (non-hydrogen) atoms. The summed E-state index contributed by atoms with van der Waals surface area (Å²) in [6.45, 7) is 1.95. The maximum Gasteiger partial charge on any atom is 0.269 e. The van der Waals surface area contributed by atoms with Crippen LogP contribution in [0, 0.1) is 22.5 Å². The molecule has 0 bridgehead atoms. The number of non-ortho nitro benzene ring substituents is 1. The van der Waals surface area contributed by atoms with Gasteiger partial charge in [-0.1, -0.05) is 91.0 Å². The van der Waals surface area contributed by atoms with Crippen molar-refractivity contribution in [2.75, 3.05) is 4.90 Å². The Morgan fingerprint density at radius 2 is 1.54 bits per heavy atom. The number of carbonyl (C=O) groups excluding carboxylic acids is 3. The minimum Gasteiger partial charge on any atom is -0.352 e. The summed E-state index contributed by atoms with van der Waals surface area (Å²) >= 11 is 0. The topological polar surface area (TPSA) is 97.6 Å². The molecule has 0 amide bonds. The minimum atomic E-state index is -1.70. The molecule has 4 aromatic carbocycles. The van der Waals surface area contributed by atoms with E-state index in [4.69, 9.17) is 0 Å². The van der Waals surface area contributed by atoms with E-state index >= 15 is 0 Å². The van der Waals surface area contributed by atoms with E-state index in [1.165, 1.54) is 12.1 Å². The second-order valence-corrected chi connectivity index (χ2v) is 10.9. The van der Waals surface area contributed by atoms with Crippen LogP contribution in [0.2, 0.25) is 0 Å². The van der Waals surface area contributed by atoms with Gasteiger partial charge in [-0.25, -0.2) is 0 Å². The molecule has 0 unspecified atom stereocenters. The molecule has 200 valence electrons. The highest BCUT2D eigenvalue weighted by Gasteiger charge is 2.71. The van der Waals surface area contributed by atoms with E-state index in [0.29, 0.717) is 22.3 Å². The van der Waals surface area contributed by atoms with E-state index in [-0.39, 0.29) is 23.0 Å². The SMILES string of the molecule is Cc1ccc2c(c1)N1[C@H](C(=O)c3ccccc3)[C@@H](c3cccc([N+](=O)[O-])c3)C3(C(=O)c4ccccc4C3=O)[C@H]1C=C2. The van der Waals surface area contributed by atoms with E-state index in [9.17, 15) is 24.5 Å². The van der Waals surface area contributed by atoms with Gasteiger partial charge in [0.2, 0.25) is 0 Å². The Morgan fingerprint density at radius 3 is 2.22 bits per heavy atom. The third kappa shape index (κ3) is 3.35. The van der Waals surface area contributed by atoms with Gasteiger partial charge in [-0.3, -0.25) is 24.5 Å². The summed E-state index contributed by atoms with van der Waals surface area (Å²) in [5.41, 5.74) is 2.15. The van der Waals surface area contributed by atoms with Gasteiger partial charge in [0.25, 0.3) is 5.69 Å². The number of nitrogens with zero attached hydrogens (tertiary/aromatic N) is 2. The van der Waals surface area contributed by atoms with Gasteiger partial charge in [0, 0.05) is 40.4 Å². The summed E-state index contributed by atoms with van der Waals surface area (Å²) in [6.07, 6.45) is 3.75. The molecule has 1 saturated heterocycles. The monoisotopic (exact) mass is 540 g/mol. The van der Waals surface area contributed by atoms with E-state index in [1.54, 1.807) is 60.7 Å². The first-order chi connectivity index (χ1) is 19.8. The first-order valence-corrected chi connectivity index (χ1v) is 13.4. The number of aryl methyl sites for hydroxylation is 1. The van der Waals surface area contributed by atoms with Gasteiger partial charge in [0.05, 0.1) is 11.0 Å². The van der Waals surface area contributed by atoms with Crippen molar-refractivity contribution in [1.82, 2.24) is 0 Å². The van der Waals surface area contributed by atoms with Crippen LogP contribution in [0.5, 0.6) is 0 Å². The molecule has 7 nitrogen and oxygen atoms in total. The lowest BCUT2D eigenvalue weighted by Crippen LogP contribution is -2.48. The lowest BCUT2D eigenvalue weighted by Gasteiger charge is -2.37. The number of fused-ring (bicyclic) bond motifs is 5. The van der Waals surface area contributed by atoms with Crippen LogP contribution >= 0.6 is 0 Å². The molecule has 2 aliphatic heterocycles. The van der Waals surface area contributed by atoms with Crippen LogP contribution in [0.15, 0.2) is 103 Å². The normalized spacial score (nSPS) is 21.5. The highest BCUT2D eigenvalue weighted by Crippen LogP contribution is 2.61. The Kier molecular flexibility index (Phi) is 5.41. The highest BCUT2D eigenvalue weighted by molar-refractivity contribution is 6.32. The van der Waals surface area contributed by atoms with Gasteiger partial charge in [0.1, 0.15) is 11.5 Å². The summed E-state index contributed by atoms with van der Waals surface area (Å²) in [5.74, 6) is -1.99. The quantitative estimate of drug-likeness (QED) is 0.132. The molecule has 1 aliphatic carbocycles. The fourth-order valence-electron chi connectivity index (χ4n) is 7.05. The summed E-state index contributed by atoms with van der Waals surface area (Å²) in [4.78, 5) is 57.2. The molecule has 1 spiro atoms. The highest BCUT2D eigenvalue weighted by atomic mass is 16.6. The minimum absolute atomic E-state index is 0.171. The maximum absolute atomic E-state index is 14.6. The lowest BCUT2D eigenvalue weighted by atomic mass is 9.64. The molecular weight excluding hydrogens is 516 g/mol. The molecule has 4 aromatic rings. The van der Waals surface area contributed by atoms with Gasteiger partial charge < -0.3 is 4.90 Å². The number of nitro groups is 1. The number of carbonyl (C=O) groups is 3. The standard InChI is InChI=1S/C34H24N2O5/c1-20-14-15-21-16-17-28-34(32(38)25-12-5-6-13-26(25)33(34)39)29(23-10-7-11-24(19-23)36(40)41)30(35(28)27(21)18-20)31(37)22-8-3-2-4-9-22/h2-19,28-30H,1H3/t28-,29-,30+/m1/s1. The van der Waals surface area contributed by atoms with Crippen molar-refractivity contribution in [2.45, 2.75) is 24.9 Å². The third-order valence-corrected chi connectivity index (χ3v) is 8.73. The number of hydrogen-bond acceptors (Lipinski definition) is 6. The maximum atomic E-state index is 14.6. The number of anilines is 1. The fourth-order valence-corrected chi connectivity index (χ4v) is 7.05. The van der Waals surface area contributed by atoms with Crippen LogP contribution in [-0.2, 0) is 0 Å². The largest absolute Gasteiger partial charge is 0.352 e. The zero-order valence-corrected chi connectivity index (χ0v) is 22.1. The summed E-state index contributed by atoms with van der Waals surface area (Å²) in [7, 11) is 0. The van der Waals surface area contributed by atoms with Crippen molar-refractivity contribution in [2.24, 2.45) is 5.41 Å². The smallest absolute Gasteiger partial charge is 0.269 e. The van der Waals surface area contributed by atoms with Gasteiger partial charge in [-0.2, -0.15) is 0 Å². The van der Waals surface area contributed by atoms with E-state index in [1.807, 2.05) is 48.2 Å². The van der Waals surface area contributed by atoms with Crippen molar-refractivity contribution in [3.05, 3.63) is 147 Å². The van der Waals surface area contributed by atoms with Gasteiger partial charge >= 0.3 is 0 Å². The molecule has 0 N–H and O–H groups in total. The Bertz CT molecular complexity index is 1790. The molecule has 3 atom stereocenters. The molecule has 7 rings (SSSR count). The Morgan fingerprint density at radius 1 is 0.854 bits per heavy atom. The van der Waals surface area contributed by atoms with E-state index < -0.39 is 28.3 Å². The van der Waals surface area contributed by atoms with Gasteiger partial charge in [-0.05, 0) is 29.7 Å². The van der Waals surface area contributed by atoms with E-state index in [2.05, 4.69) is 0 Å². The number of Topliss-reactive ketones (excluding diaryl/α,β-unsaturated/α-hetero) is 3. The first kappa shape index (κ1) is 24.8. The lowest BCUT2D eigenvalue weighted by molar-refractivity contribution is -0.384. The Hall–Kier alpha value is -5.17. The molecule has 0 radical (unpaired) electrons. The summed E-state index contributed by atoms with van der Waals surface area (Å²) in [6, 6.07) is 25.7. The fraction of sp³-hybridized carbons (Fsp3) is 0.147. The van der Waals surface area contributed by atoms with Crippen LogP contribution in [0.25, 0.3) is 6.08 Å². The summed E-state index contributed by atoms with van der Waals surface area (Å²) < 4.78 is 0. The summed E-state index contributed by atoms with van der Waals surface area (Å²) in [5, 5.41) is 11.9. The molecule has 2 heterocycles. The van der Waals surface area contributed by atoms with Gasteiger partial charge in [0.15, 0.2) is 17.3 Å². The zero-order valence-electron chi connectivity index (χ0n) is 22.1. The Labute approximate surface area is 235 Å². The number of rotatable bonds is 4. The van der Waals surface area contributed by atoms with Crippen LogP contribution in [0.3, 0.4) is 0 Å². The van der Waals surface area contributed by atoms with E-state index in [0.717, 1.165) is 16.8 Å². The third-order valence-electron chi connectivity index (χ3n) is 8.73. The van der Waals surface area contributed by atoms with Crippen LogP contribution < -0.4 is 4.90 Å². The molecule has 7 heteroatoms. The van der Waals surface area contributed by atoms with Gasteiger partial charge in [-0.15, -0.1) is 0 Å². The molecule has 0 saturated carbocycles. The predicted molar refractivity (Wildman–Crippen MR) is 154 cm³/mol. The number of hydrogen-bond donors (Lipinski definition) is 0. The van der Waals surface area contributed by atoms with Crippen molar-refractivity contribution in [3.63, 3.8) is 0 Å². The number of benzene rings is 4. The second-order valence-electron chi connectivity index (χ2n) is 10.9. The van der Waals surface area contributed by atoms with Crippen molar-refractivity contribution < 1.29 is 19.3 Å². The molecule has 1 fully saturated rings. The molecular formula is C34H24N2O5. The van der Waals surface area contributed by atoms with Crippen LogP contribution in [-0.4, -0.2) is 34.4 Å². The number of ketones is 3. The average Bonchev–Trinajstić information content (AvgIpc) is 3.43. The average molecular weight is 541 g/mol. The second kappa shape index (κ2) is 8.93. The van der Waals surface area contributed by atoms with Crippen molar-refractivity contribution >= 4 is 34.8 Å². The Balaban J connectivity index is 1.57. The van der Waals surface area contributed by atoms with Crippen LogP contribution in [0.4, 0.5) is 11.4 Å². The zero-order chi connectivity index (χ0) is 28.5.